The van der Waals surface area contributed by atoms with E-state index < -0.39 is 0 Å². The summed E-state index contributed by atoms with van der Waals surface area (Å²) < 4.78 is 7.54. The molecule has 154 valence electrons. The maximum Gasteiger partial charge on any atom is 0.291 e. The zero-order chi connectivity index (χ0) is 21.7. The third-order valence-corrected chi connectivity index (χ3v) is 6.70. The SMILES string of the molecule is O=c1c(=Cc2ccc(-c3ccc(Cl)c(Cl)c3)o2)sc2nc(-c3ccc(Cl)cc3Cl)nn12. The molecule has 0 saturated carbocycles. The number of nitrogens with zero attached hydrogens (tertiary/aromatic N) is 3. The van der Waals surface area contributed by atoms with Crippen molar-refractivity contribution in [2.24, 2.45) is 0 Å². The van der Waals surface area contributed by atoms with E-state index in [0.29, 0.717) is 52.5 Å². The summed E-state index contributed by atoms with van der Waals surface area (Å²) in [5.74, 6) is 1.48. The van der Waals surface area contributed by atoms with E-state index in [9.17, 15) is 4.79 Å². The predicted octanol–water partition coefficient (Wildman–Crippen LogP) is 6.24. The van der Waals surface area contributed by atoms with Gasteiger partial charge in [0.25, 0.3) is 5.56 Å². The van der Waals surface area contributed by atoms with Crippen molar-refractivity contribution in [1.82, 2.24) is 14.6 Å². The summed E-state index contributed by atoms with van der Waals surface area (Å²) in [7, 11) is 0. The molecule has 0 fully saturated rings. The first-order chi connectivity index (χ1) is 14.9. The topological polar surface area (TPSA) is 60.4 Å². The van der Waals surface area contributed by atoms with E-state index >= 15 is 0 Å². The monoisotopic (exact) mass is 507 g/mol. The van der Waals surface area contributed by atoms with E-state index in [1.165, 1.54) is 15.9 Å². The molecule has 2 aromatic carbocycles. The van der Waals surface area contributed by atoms with Gasteiger partial charge in [0.2, 0.25) is 4.96 Å². The zero-order valence-corrected chi connectivity index (χ0v) is 19.1. The number of thiazole rings is 1. The number of aromatic nitrogens is 3. The Balaban J connectivity index is 1.52. The van der Waals surface area contributed by atoms with Crippen molar-refractivity contribution in [3.8, 4) is 22.7 Å². The highest BCUT2D eigenvalue weighted by atomic mass is 35.5. The molecule has 0 aliphatic rings. The summed E-state index contributed by atoms with van der Waals surface area (Å²) in [6.45, 7) is 0. The molecule has 0 bridgehead atoms. The fourth-order valence-electron chi connectivity index (χ4n) is 2.98. The Morgan fingerprint density at radius 3 is 2.52 bits per heavy atom. The Morgan fingerprint density at radius 1 is 0.935 bits per heavy atom. The number of furan rings is 1. The fourth-order valence-corrected chi connectivity index (χ4v) is 4.66. The summed E-state index contributed by atoms with van der Waals surface area (Å²) in [6.07, 6.45) is 1.65. The molecular weight excluding hydrogens is 500 g/mol. The van der Waals surface area contributed by atoms with Crippen LogP contribution >= 0.6 is 57.7 Å². The summed E-state index contributed by atoms with van der Waals surface area (Å²) in [5, 5.41) is 6.13. The summed E-state index contributed by atoms with van der Waals surface area (Å²) in [6, 6.07) is 13.8. The van der Waals surface area contributed by atoms with Crippen molar-refractivity contribution in [3.05, 3.63) is 89.3 Å². The molecule has 0 aliphatic heterocycles. The largest absolute Gasteiger partial charge is 0.457 e. The lowest BCUT2D eigenvalue weighted by Crippen LogP contribution is -2.23. The molecule has 0 atom stereocenters. The van der Waals surface area contributed by atoms with E-state index in [1.54, 1.807) is 48.5 Å². The molecule has 0 N–H and O–H groups in total. The van der Waals surface area contributed by atoms with E-state index in [-0.39, 0.29) is 5.56 Å². The minimum atomic E-state index is -0.295. The highest BCUT2D eigenvalue weighted by Crippen LogP contribution is 2.30. The molecule has 0 amide bonds. The highest BCUT2D eigenvalue weighted by molar-refractivity contribution is 7.15. The molecule has 0 radical (unpaired) electrons. The lowest BCUT2D eigenvalue weighted by molar-refractivity contribution is 0.571. The van der Waals surface area contributed by atoms with Gasteiger partial charge >= 0.3 is 0 Å². The van der Waals surface area contributed by atoms with Crippen LogP contribution in [0.25, 0.3) is 33.7 Å². The Bertz CT molecular complexity index is 1570. The summed E-state index contributed by atoms with van der Waals surface area (Å²) >= 11 is 25.4. The van der Waals surface area contributed by atoms with E-state index in [4.69, 9.17) is 50.8 Å². The van der Waals surface area contributed by atoms with Crippen molar-refractivity contribution in [3.63, 3.8) is 0 Å². The highest BCUT2D eigenvalue weighted by Gasteiger charge is 2.15. The Morgan fingerprint density at radius 2 is 1.77 bits per heavy atom. The number of halogens is 4. The Labute approximate surface area is 199 Å². The molecule has 3 heterocycles. The van der Waals surface area contributed by atoms with Crippen LogP contribution in [0.5, 0.6) is 0 Å². The number of fused-ring (bicyclic) bond motifs is 1. The van der Waals surface area contributed by atoms with Crippen LogP contribution in [0.1, 0.15) is 5.76 Å². The predicted molar refractivity (Wildman–Crippen MR) is 126 cm³/mol. The molecule has 0 aliphatic carbocycles. The van der Waals surface area contributed by atoms with E-state index in [0.717, 1.165) is 5.56 Å². The van der Waals surface area contributed by atoms with Gasteiger partial charge in [-0.2, -0.15) is 9.50 Å². The minimum Gasteiger partial charge on any atom is -0.457 e. The van der Waals surface area contributed by atoms with Gasteiger partial charge in [-0.15, -0.1) is 5.10 Å². The van der Waals surface area contributed by atoms with Gasteiger partial charge in [-0.3, -0.25) is 4.79 Å². The normalized spacial score (nSPS) is 12.2. The van der Waals surface area contributed by atoms with Crippen LogP contribution in [0.4, 0.5) is 0 Å². The van der Waals surface area contributed by atoms with Crippen molar-refractivity contribution < 1.29 is 4.42 Å². The molecule has 0 unspecified atom stereocenters. The van der Waals surface area contributed by atoms with Crippen molar-refractivity contribution in [2.45, 2.75) is 0 Å². The second kappa shape index (κ2) is 7.97. The van der Waals surface area contributed by atoms with Crippen molar-refractivity contribution in [1.29, 1.82) is 0 Å². The van der Waals surface area contributed by atoms with Crippen LogP contribution in [-0.4, -0.2) is 14.6 Å². The summed E-state index contributed by atoms with van der Waals surface area (Å²) in [4.78, 5) is 17.7. The van der Waals surface area contributed by atoms with Gasteiger partial charge in [0.05, 0.1) is 15.1 Å². The zero-order valence-electron chi connectivity index (χ0n) is 15.3. The lowest BCUT2D eigenvalue weighted by Gasteiger charge is -1.99. The van der Waals surface area contributed by atoms with Crippen LogP contribution in [0, 0.1) is 0 Å². The second-order valence-electron chi connectivity index (χ2n) is 6.50. The lowest BCUT2D eigenvalue weighted by atomic mass is 10.2. The molecule has 31 heavy (non-hydrogen) atoms. The van der Waals surface area contributed by atoms with Crippen LogP contribution in [-0.2, 0) is 0 Å². The maximum absolute atomic E-state index is 12.8. The van der Waals surface area contributed by atoms with Crippen molar-refractivity contribution >= 4 is 68.8 Å². The number of hydrogen-bond donors (Lipinski definition) is 0. The quantitative estimate of drug-likeness (QED) is 0.289. The van der Waals surface area contributed by atoms with Crippen LogP contribution in [0.2, 0.25) is 20.1 Å². The second-order valence-corrected chi connectivity index (χ2v) is 9.17. The molecule has 0 spiro atoms. The third-order valence-electron chi connectivity index (χ3n) is 4.46. The average molecular weight is 509 g/mol. The van der Waals surface area contributed by atoms with Gasteiger partial charge < -0.3 is 4.42 Å². The Kier molecular flexibility index (Phi) is 5.28. The first-order valence-electron chi connectivity index (χ1n) is 8.81. The summed E-state index contributed by atoms with van der Waals surface area (Å²) in [5.41, 5.74) is 1.09. The van der Waals surface area contributed by atoms with E-state index in [2.05, 4.69) is 10.1 Å². The standard InChI is InChI=1S/C21H9Cl4N3O2S/c22-11-2-4-13(15(24)8-11)19-26-21-28(27-19)20(29)18(31-21)9-12-3-6-17(30-12)10-1-5-14(23)16(25)7-10/h1-9H. The molecule has 5 rings (SSSR count). The molecule has 10 heteroatoms. The van der Waals surface area contributed by atoms with Gasteiger partial charge in [0.15, 0.2) is 5.82 Å². The molecule has 3 aromatic heterocycles. The van der Waals surface area contributed by atoms with Crippen LogP contribution in [0.3, 0.4) is 0 Å². The van der Waals surface area contributed by atoms with Gasteiger partial charge in [0.1, 0.15) is 16.1 Å². The third kappa shape index (κ3) is 3.86. The average Bonchev–Trinajstić information content (AvgIpc) is 3.42. The smallest absolute Gasteiger partial charge is 0.291 e. The Hall–Kier alpha value is -2.35. The maximum atomic E-state index is 12.8. The van der Waals surface area contributed by atoms with E-state index in [1.807, 2.05) is 6.07 Å². The first kappa shape index (κ1) is 20.5. The minimum absolute atomic E-state index is 0.295. The van der Waals surface area contributed by atoms with Gasteiger partial charge in [-0.1, -0.05) is 57.7 Å². The molecular formula is C21H9Cl4N3O2S. The molecule has 5 nitrogen and oxygen atoms in total. The number of benzene rings is 2. The molecule has 5 aromatic rings. The number of hydrogen-bond acceptors (Lipinski definition) is 5. The van der Waals surface area contributed by atoms with Gasteiger partial charge in [-0.05, 0) is 48.5 Å². The van der Waals surface area contributed by atoms with Crippen LogP contribution < -0.4 is 10.1 Å². The molecule has 0 saturated heterocycles. The van der Waals surface area contributed by atoms with Crippen molar-refractivity contribution in [2.75, 3.05) is 0 Å². The number of rotatable bonds is 3. The van der Waals surface area contributed by atoms with Gasteiger partial charge in [0, 0.05) is 22.2 Å². The fraction of sp³-hybridized carbons (Fsp3) is 0. The van der Waals surface area contributed by atoms with Crippen LogP contribution in [0.15, 0.2) is 57.7 Å². The van der Waals surface area contributed by atoms with Gasteiger partial charge in [-0.25, -0.2) is 0 Å². The first-order valence-corrected chi connectivity index (χ1v) is 11.1.